The fraction of sp³-hybridized carbons (Fsp3) is 0.368. The summed E-state index contributed by atoms with van der Waals surface area (Å²) in [6.45, 7) is 1.57. The number of rotatable bonds is 40. The van der Waals surface area contributed by atoms with Crippen LogP contribution in [0.1, 0.15) is 122 Å². The Labute approximate surface area is 726 Å². The maximum absolute atomic E-state index is 12.2. The van der Waals surface area contributed by atoms with Gasteiger partial charge in [-0.25, -0.2) is 44.7 Å². The van der Waals surface area contributed by atoms with Gasteiger partial charge in [-0.15, -0.1) is 0 Å². The number of nitrogens with one attached hydrogen (secondary N) is 5. The van der Waals surface area contributed by atoms with Crippen molar-refractivity contribution in [2.75, 3.05) is 125 Å². The number of benzene rings is 4. The highest BCUT2D eigenvalue weighted by Crippen LogP contribution is 2.24. The van der Waals surface area contributed by atoms with Crippen molar-refractivity contribution < 1.29 is 78.7 Å². The molecule has 34 N–H and O–H groups in total. The Hall–Kier alpha value is -12.6. The standard InChI is InChI=1S/C20H27ClN6O6.C19H26ClN7O4.C19H26ClN7O3.C18H24ClN7O3/c21-16-18(23)26-17(22)15(25-16)19(31)27-20(32)24-8-2-1-3-11-4-6-12(7-5-11)33-10-14(30)13(29)9-28;20-15-17(22)26-16(21)14(25-15)18(30)27-19(23)24-8-2-1-3-11-4-6-13(7-5-11)31-10-12(29)9-28;20-15-17(22)26-16(21)14(25-15)18(29)27-19(23)24-9-2-1-4-12-5-7-13(8-6-12)30-11-3-10-28;19-14-16(21)25-15(20)13(24-14)17(28)26-18(22)23-8-2-1-3-11-4-6-12(7-5-11)29-10-9-27/h4-7,13-14,28-30H,1-3,8-10H2,(H4,22,23,26)(H2,24,27,31,32);4-7,12,28-29H,1-3,8-10H2,(H4,21,22,26)(H3,23,24,27,30);5-8,28H,1-4,9-11H2,(H4,21,22,26)(H3,23,24,27,29);4-7,27H,1-3,8-10H2,(H4,20,21,25)(H3,22,23,26,28). The van der Waals surface area contributed by atoms with E-state index in [0.29, 0.717) is 57.1 Å². The maximum atomic E-state index is 12.2. The second-order valence-electron chi connectivity index (χ2n) is 26.1. The van der Waals surface area contributed by atoms with Gasteiger partial charge in [-0.1, -0.05) is 94.9 Å². The first-order valence-corrected chi connectivity index (χ1v) is 39.4. The van der Waals surface area contributed by atoms with E-state index in [9.17, 15) is 39.3 Å². The zero-order chi connectivity index (χ0) is 90.3. The molecule has 666 valence electrons. The van der Waals surface area contributed by atoms with Crippen molar-refractivity contribution in [3.05, 3.63) is 163 Å². The Morgan fingerprint density at radius 2 is 0.650 bits per heavy atom. The third kappa shape index (κ3) is 38.0. The molecule has 43 nitrogen and oxygen atoms in total. The number of amides is 6. The predicted molar refractivity (Wildman–Crippen MR) is 467 cm³/mol. The van der Waals surface area contributed by atoms with Crippen LogP contribution in [0.5, 0.6) is 23.0 Å². The number of nitrogens with two attached hydrogens (primary N) is 11. The van der Waals surface area contributed by atoms with Gasteiger partial charge in [-0.05, 0) is 148 Å². The molecule has 0 spiro atoms. The summed E-state index contributed by atoms with van der Waals surface area (Å²) in [6.07, 6.45) is 7.08. The highest BCUT2D eigenvalue weighted by atomic mass is 35.5. The van der Waals surface area contributed by atoms with Gasteiger partial charge in [0, 0.05) is 39.2 Å². The van der Waals surface area contributed by atoms with Crippen molar-refractivity contribution in [1.82, 2.24) is 66.5 Å². The first-order valence-electron chi connectivity index (χ1n) is 37.9. The zero-order valence-electron chi connectivity index (χ0n) is 66.7. The molecule has 123 heavy (non-hydrogen) atoms. The van der Waals surface area contributed by atoms with E-state index in [1.54, 1.807) is 12.1 Å². The summed E-state index contributed by atoms with van der Waals surface area (Å²) in [5.74, 6) is -1.35. The van der Waals surface area contributed by atoms with Crippen molar-refractivity contribution in [3.8, 4) is 23.0 Å². The fourth-order valence-corrected chi connectivity index (χ4v) is 10.5. The Kier molecular flexibility index (Phi) is 44.9. The van der Waals surface area contributed by atoms with E-state index in [0.717, 1.165) is 93.3 Å². The van der Waals surface area contributed by atoms with Crippen LogP contribution in [0.3, 0.4) is 0 Å². The lowest BCUT2D eigenvalue weighted by Gasteiger charge is -2.16. The van der Waals surface area contributed by atoms with E-state index in [-0.39, 0.29) is 147 Å². The van der Waals surface area contributed by atoms with Gasteiger partial charge in [0.15, 0.2) is 108 Å². The molecule has 47 heteroatoms. The summed E-state index contributed by atoms with van der Waals surface area (Å²) < 4.78 is 21.5. The molecule has 0 aliphatic carbocycles. The molecular formula is C76H103Cl4N27O16. The number of anilines is 8. The van der Waals surface area contributed by atoms with Gasteiger partial charge in [-0.2, -0.15) is 0 Å². The number of carbonyl (C=O) groups is 5. The summed E-state index contributed by atoms with van der Waals surface area (Å²) in [6, 6.07) is 29.5. The highest BCUT2D eigenvalue weighted by molar-refractivity contribution is 6.33. The molecule has 8 rings (SSSR count). The molecular weight excluding hydrogens is 1690 g/mol. The number of nitrogen functional groups attached to an aromatic ring is 8. The summed E-state index contributed by atoms with van der Waals surface area (Å²) in [4.78, 5) is 103. The molecule has 3 atom stereocenters. The number of hydrogen-bond acceptors (Lipinski definition) is 35. The number of aliphatic hydroxyl groups excluding tert-OH is 7. The monoisotopic (exact) mass is 1790 g/mol. The van der Waals surface area contributed by atoms with E-state index < -0.39 is 54.6 Å². The number of guanidine groups is 3. The Bertz CT molecular complexity index is 4770. The van der Waals surface area contributed by atoms with Gasteiger partial charge in [0.1, 0.15) is 61.1 Å². The average molecular weight is 1790 g/mol. The van der Waals surface area contributed by atoms with E-state index >= 15 is 0 Å². The second-order valence-corrected chi connectivity index (χ2v) is 27.5. The third-order valence-corrected chi connectivity index (χ3v) is 17.5. The Balaban J connectivity index is 0.000000292. The minimum Gasteiger partial charge on any atom is -0.494 e. The molecule has 8 aromatic rings. The van der Waals surface area contributed by atoms with Crippen LogP contribution in [0, 0.1) is 0 Å². The lowest BCUT2D eigenvalue weighted by molar-refractivity contribution is -0.0339. The molecule has 4 heterocycles. The first-order chi connectivity index (χ1) is 58.8. The van der Waals surface area contributed by atoms with Crippen molar-refractivity contribution in [2.24, 2.45) is 32.2 Å². The lowest BCUT2D eigenvalue weighted by Crippen LogP contribution is -2.40. The molecule has 0 bridgehead atoms. The first kappa shape index (κ1) is 101. The van der Waals surface area contributed by atoms with Crippen LogP contribution in [0.25, 0.3) is 0 Å². The molecule has 6 amide bonds. The van der Waals surface area contributed by atoms with Gasteiger partial charge < -0.3 is 123 Å². The summed E-state index contributed by atoms with van der Waals surface area (Å²) in [7, 11) is 0. The van der Waals surface area contributed by atoms with Crippen LogP contribution >= 0.6 is 46.4 Å². The molecule has 4 aromatic carbocycles. The van der Waals surface area contributed by atoms with Gasteiger partial charge in [0.05, 0.1) is 26.4 Å². The second kappa shape index (κ2) is 54.7. The molecule has 0 aliphatic heterocycles. The smallest absolute Gasteiger partial charge is 0.321 e. The number of nitrogens with zero attached hydrogens (tertiary/aromatic N) is 11. The molecule has 0 saturated heterocycles. The number of aliphatic imine (C=N–C) groups is 3. The molecule has 0 fully saturated rings. The highest BCUT2D eigenvalue weighted by Gasteiger charge is 2.23. The summed E-state index contributed by atoms with van der Waals surface area (Å²) >= 11 is 23.0. The van der Waals surface area contributed by atoms with E-state index in [1.807, 2.05) is 84.9 Å². The number of aliphatic hydroxyl groups is 7. The number of urea groups is 1. The van der Waals surface area contributed by atoms with E-state index in [4.69, 9.17) is 149 Å². The third-order valence-electron chi connectivity index (χ3n) is 16.4. The number of hydrogen-bond donors (Lipinski definition) is 23. The quantitative estimate of drug-likeness (QED) is 0.0148. The van der Waals surface area contributed by atoms with E-state index in [2.05, 4.69) is 81.4 Å². The molecule has 0 radical (unpaired) electrons. The minimum absolute atomic E-state index is 0.0135. The largest absolute Gasteiger partial charge is 0.494 e. The van der Waals surface area contributed by atoms with Crippen LogP contribution in [0.15, 0.2) is 112 Å². The predicted octanol–water partition coefficient (Wildman–Crippen LogP) is 1.80. The van der Waals surface area contributed by atoms with Crippen molar-refractivity contribution in [1.29, 1.82) is 0 Å². The number of unbranched alkanes of at least 4 members (excludes halogenated alkanes) is 4. The lowest BCUT2D eigenvalue weighted by atomic mass is 10.1. The molecule has 4 aromatic heterocycles. The van der Waals surface area contributed by atoms with Crippen molar-refractivity contribution in [2.45, 2.75) is 102 Å². The summed E-state index contributed by atoms with van der Waals surface area (Å²) in [5.41, 5.74) is 65.2. The minimum atomic E-state index is -1.25. The van der Waals surface area contributed by atoms with Gasteiger partial charge in [0.25, 0.3) is 23.6 Å². The van der Waals surface area contributed by atoms with Gasteiger partial charge in [0.2, 0.25) is 0 Å². The molecule has 0 saturated carbocycles. The molecule has 0 aliphatic rings. The van der Waals surface area contributed by atoms with E-state index in [1.165, 1.54) is 11.1 Å². The van der Waals surface area contributed by atoms with Crippen LogP contribution in [-0.4, -0.2) is 221 Å². The fourth-order valence-electron chi connectivity index (χ4n) is 9.95. The number of aromatic nitrogens is 8. The Morgan fingerprint density at radius 1 is 0.350 bits per heavy atom. The van der Waals surface area contributed by atoms with Gasteiger partial charge >= 0.3 is 6.03 Å². The maximum Gasteiger partial charge on any atom is 0.321 e. The number of halogens is 4. The number of ether oxygens (including phenoxy) is 4. The summed E-state index contributed by atoms with van der Waals surface area (Å²) in [5, 5.41) is 74.5. The van der Waals surface area contributed by atoms with Crippen molar-refractivity contribution in [3.63, 3.8) is 0 Å². The SMILES string of the molecule is NC(=NCCCCc1ccc(OCC(O)CO)cc1)NC(=O)c1nc(Cl)c(N)nc1N.NC(=NCCCCc1ccc(OCCCO)cc1)NC(=O)c1nc(Cl)c(N)nc1N.NC(=NCCCCc1ccc(OCCO)cc1)NC(=O)c1nc(Cl)c(N)nc1N.Nc1nc(N)c(C(=O)NC(=O)NCCCCc2ccc(OCC(O)C(O)CO)cc2)nc1Cl. The van der Waals surface area contributed by atoms with Crippen molar-refractivity contribution >= 4 is 140 Å². The van der Waals surface area contributed by atoms with Crippen LogP contribution in [0.4, 0.5) is 51.3 Å². The van der Waals surface area contributed by atoms with Crippen LogP contribution < -0.4 is 109 Å². The van der Waals surface area contributed by atoms with Crippen LogP contribution in [0.2, 0.25) is 20.6 Å². The average Bonchev–Trinajstić information content (AvgIpc) is 0.851. The van der Waals surface area contributed by atoms with Crippen LogP contribution in [-0.2, 0) is 25.7 Å². The molecule has 3 unspecified atom stereocenters. The zero-order valence-corrected chi connectivity index (χ0v) is 69.8. The number of imide groups is 1. The number of aryl methyl sites for hydroxylation is 4. The topological polar surface area (TPSA) is 750 Å². The number of carbonyl (C=O) groups excluding carboxylic acids is 5. The Morgan fingerprint density at radius 3 is 0.959 bits per heavy atom. The van der Waals surface area contributed by atoms with Gasteiger partial charge in [-0.3, -0.25) is 55.4 Å². The normalized spacial score (nSPS) is 11.9.